The summed E-state index contributed by atoms with van der Waals surface area (Å²) in [7, 11) is 1.81. The third-order valence-corrected chi connectivity index (χ3v) is 3.01. The largest absolute Gasteiger partial charge is 0.287 e. The van der Waals surface area contributed by atoms with Crippen molar-refractivity contribution in [2.75, 3.05) is 7.05 Å². The van der Waals surface area contributed by atoms with Gasteiger partial charge in [-0.1, -0.05) is 29.8 Å². The van der Waals surface area contributed by atoms with Gasteiger partial charge in [-0.05, 0) is 20.8 Å². The zero-order valence-corrected chi connectivity index (χ0v) is 11.2. The maximum atomic E-state index is 4.42. The number of hydrogen-bond acceptors (Lipinski definition) is 3. The van der Waals surface area contributed by atoms with E-state index in [2.05, 4.69) is 46.1 Å². The summed E-state index contributed by atoms with van der Waals surface area (Å²) in [6.07, 6.45) is 1.59. The average Bonchev–Trinajstić information content (AvgIpc) is 2.35. The predicted octanol–water partition coefficient (Wildman–Crippen LogP) is 2.87. The second-order valence-electron chi connectivity index (χ2n) is 4.36. The molecule has 0 radical (unpaired) electrons. The van der Waals surface area contributed by atoms with Gasteiger partial charge in [0.05, 0.1) is 17.1 Å². The molecule has 0 atom stereocenters. The summed E-state index contributed by atoms with van der Waals surface area (Å²) >= 11 is 0. The third kappa shape index (κ3) is 2.30. The average molecular weight is 239 g/mol. The molecule has 0 amide bonds. The minimum Gasteiger partial charge on any atom is -0.287 e. The maximum absolute atomic E-state index is 4.42. The van der Waals surface area contributed by atoms with Crippen molar-refractivity contribution in [1.82, 2.24) is 9.97 Å². The Morgan fingerprint density at radius 3 is 2.00 bits per heavy atom. The van der Waals surface area contributed by atoms with Gasteiger partial charge in [-0.2, -0.15) is 0 Å². The molecule has 3 nitrogen and oxygen atoms in total. The summed E-state index contributed by atoms with van der Waals surface area (Å²) in [6, 6.07) is 8.36. The van der Waals surface area contributed by atoms with Crippen molar-refractivity contribution in [3.8, 4) is 0 Å². The maximum Gasteiger partial charge on any atom is 0.115 e. The number of rotatable bonds is 2. The van der Waals surface area contributed by atoms with E-state index in [1.807, 2.05) is 13.8 Å². The minimum absolute atomic E-state index is 0.950. The Kier molecular flexibility index (Phi) is 3.51. The van der Waals surface area contributed by atoms with Crippen LogP contribution < -0.4 is 0 Å². The zero-order chi connectivity index (χ0) is 13.1. The van der Waals surface area contributed by atoms with Crippen LogP contribution in [0.4, 0.5) is 0 Å². The molecule has 0 aliphatic rings. The fourth-order valence-corrected chi connectivity index (χ4v) is 2.03. The van der Waals surface area contributed by atoms with E-state index in [1.165, 1.54) is 5.56 Å². The van der Waals surface area contributed by atoms with Crippen molar-refractivity contribution >= 4 is 5.71 Å². The summed E-state index contributed by atoms with van der Waals surface area (Å²) in [6.45, 7) is 6.06. The third-order valence-electron chi connectivity index (χ3n) is 3.01. The SMILES string of the molecule is CN=C(c1ccc(C)cc1)c1c(C)ncnc1C. The highest BCUT2D eigenvalue weighted by Crippen LogP contribution is 2.16. The molecule has 92 valence electrons. The van der Waals surface area contributed by atoms with Gasteiger partial charge < -0.3 is 0 Å². The smallest absolute Gasteiger partial charge is 0.115 e. The van der Waals surface area contributed by atoms with E-state index in [4.69, 9.17) is 0 Å². The summed E-state index contributed by atoms with van der Waals surface area (Å²) < 4.78 is 0. The van der Waals surface area contributed by atoms with Gasteiger partial charge >= 0.3 is 0 Å². The highest BCUT2D eigenvalue weighted by molar-refractivity contribution is 6.14. The second-order valence-corrected chi connectivity index (χ2v) is 4.36. The van der Waals surface area contributed by atoms with Crippen molar-refractivity contribution in [1.29, 1.82) is 0 Å². The summed E-state index contributed by atoms with van der Waals surface area (Å²) in [4.78, 5) is 12.9. The molecule has 1 heterocycles. The van der Waals surface area contributed by atoms with E-state index < -0.39 is 0 Å². The molecule has 2 rings (SSSR count). The van der Waals surface area contributed by atoms with Crippen LogP contribution in [0.25, 0.3) is 0 Å². The van der Waals surface area contributed by atoms with Crippen LogP contribution in [-0.2, 0) is 0 Å². The van der Waals surface area contributed by atoms with Crippen LogP contribution in [0.3, 0.4) is 0 Å². The summed E-state index contributed by atoms with van der Waals surface area (Å²) in [5.74, 6) is 0. The van der Waals surface area contributed by atoms with Gasteiger partial charge in [0.15, 0.2) is 0 Å². The molecule has 0 spiro atoms. The molecule has 3 heteroatoms. The quantitative estimate of drug-likeness (QED) is 0.756. The Morgan fingerprint density at radius 2 is 1.50 bits per heavy atom. The molecule has 2 aromatic rings. The van der Waals surface area contributed by atoms with Crippen LogP contribution in [0.15, 0.2) is 35.6 Å². The molecule has 0 unspecified atom stereocenters. The summed E-state index contributed by atoms with van der Waals surface area (Å²) in [5.41, 5.74) is 6.25. The van der Waals surface area contributed by atoms with Crippen molar-refractivity contribution in [3.05, 3.63) is 58.7 Å². The molecule has 0 aliphatic carbocycles. The molecule has 0 saturated heterocycles. The van der Waals surface area contributed by atoms with E-state index in [0.29, 0.717) is 0 Å². The molecular formula is C15H17N3. The van der Waals surface area contributed by atoms with Crippen molar-refractivity contribution in [2.24, 2.45) is 4.99 Å². The van der Waals surface area contributed by atoms with E-state index in [0.717, 1.165) is 28.2 Å². The van der Waals surface area contributed by atoms with Gasteiger partial charge in [0.25, 0.3) is 0 Å². The fourth-order valence-electron chi connectivity index (χ4n) is 2.03. The van der Waals surface area contributed by atoms with Crippen molar-refractivity contribution in [2.45, 2.75) is 20.8 Å². The van der Waals surface area contributed by atoms with Gasteiger partial charge in [0.1, 0.15) is 6.33 Å². The van der Waals surface area contributed by atoms with Gasteiger partial charge in [0, 0.05) is 18.2 Å². The van der Waals surface area contributed by atoms with Crippen LogP contribution in [0.2, 0.25) is 0 Å². The second kappa shape index (κ2) is 5.08. The lowest BCUT2D eigenvalue weighted by Crippen LogP contribution is -2.10. The molecule has 18 heavy (non-hydrogen) atoms. The van der Waals surface area contributed by atoms with E-state index in [9.17, 15) is 0 Å². The van der Waals surface area contributed by atoms with E-state index >= 15 is 0 Å². The number of aliphatic imine (C=N–C) groups is 1. The monoisotopic (exact) mass is 239 g/mol. The number of benzene rings is 1. The number of aromatic nitrogens is 2. The van der Waals surface area contributed by atoms with Gasteiger partial charge in [-0.15, -0.1) is 0 Å². The number of nitrogens with zero attached hydrogens (tertiary/aromatic N) is 3. The molecule has 1 aromatic carbocycles. The highest BCUT2D eigenvalue weighted by atomic mass is 14.8. The fraction of sp³-hybridized carbons (Fsp3) is 0.267. The first-order valence-corrected chi connectivity index (χ1v) is 5.96. The molecule has 1 aromatic heterocycles. The minimum atomic E-state index is 0.950. The molecule has 0 saturated carbocycles. The van der Waals surface area contributed by atoms with E-state index in [1.54, 1.807) is 13.4 Å². The first-order valence-electron chi connectivity index (χ1n) is 5.96. The Bertz CT molecular complexity index is 563. The molecule has 0 fully saturated rings. The molecule has 0 aliphatic heterocycles. The molecule has 0 bridgehead atoms. The number of aryl methyl sites for hydroxylation is 3. The lowest BCUT2D eigenvalue weighted by atomic mass is 9.99. The topological polar surface area (TPSA) is 38.1 Å². The highest BCUT2D eigenvalue weighted by Gasteiger charge is 2.13. The van der Waals surface area contributed by atoms with Crippen LogP contribution in [0.1, 0.15) is 28.1 Å². The first-order chi connectivity index (χ1) is 8.63. The Balaban J connectivity index is 2.57. The Labute approximate surface area is 108 Å². The van der Waals surface area contributed by atoms with Crippen LogP contribution in [0.5, 0.6) is 0 Å². The zero-order valence-electron chi connectivity index (χ0n) is 11.2. The van der Waals surface area contributed by atoms with E-state index in [-0.39, 0.29) is 0 Å². The van der Waals surface area contributed by atoms with Gasteiger partial charge in [-0.3, -0.25) is 4.99 Å². The van der Waals surface area contributed by atoms with Gasteiger partial charge in [-0.25, -0.2) is 9.97 Å². The van der Waals surface area contributed by atoms with Crippen LogP contribution in [0, 0.1) is 20.8 Å². The lowest BCUT2D eigenvalue weighted by molar-refractivity contribution is 1.04. The van der Waals surface area contributed by atoms with Crippen LogP contribution >= 0.6 is 0 Å². The normalized spacial score (nSPS) is 11.7. The van der Waals surface area contributed by atoms with Crippen molar-refractivity contribution in [3.63, 3.8) is 0 Å². The van der Waals surface area contributed by atoms with Gasteiger partial charge in [0.2, 0.25) is 0 Å². The Morgan fingerprint density at radius 1 is 0.944 bits per heavy atom. The summed E-state index contributed by atoms with van der Waals surface area (Å²) in [5, 5.41) is 0. The van der Waals surface area contributed by atoms with Crippen molar-refractivity contribution < 1.29 is 0 Å². The lowest BCUT2D eigenvalue weighted by Gasteiger charge is -2.11. The molecular weight excluding hydrogens is 222 g/mol. The predicted molar refractivity (Wildman–Crippen MR) is 74.2 cm³/mol. The molecule has 0 N–H and O–H groups in total. The first kappa shape index (κ1) is 12.4. The standard InChI is InChI=1S/C15H17N3/c1-10-5-7-13(8-6-10)15(16-4)14-11(2)17-9-18-12(14)3/h5-9H,1-4H3. The Hall–Kier alpha value is -2.03. The van der Waals surface area contributed by atoms with Crippen LogP contribution in [-0.4, -0.2) is 22.7 Å². The number of hydrogen-bond donors (Lipinski definition) is 0.